The minimum Gasteiger partial charge on any atom is -0.441 e. The molecule has 0 saturated carbocycles. The molecule has 0 saturated heterocycles. The molecule has 0 aliphatic heterocycles. The van der Waals surface area contributed by atoms with Gasteiger partial charge in [-0.2, -0.15) is 0 Å². The van der Waals surface area contributed by atoms with Crippen LogP contribution < -0.4 is 10.6 Å². The largest absolute Gasteiger partial charge is 0.441 e. The van der Waals surface area contributed by atoms with Crippen LogP contribution in [0.2, 0.25) is 0 Å². The summed E-state index contributed by atoms with van der Waals surface area (Å²) < 4.78 is 38.0. The molecule has 0 atom stereocenters. The second-order valence-electron chi connectivity index (χ2n) is 7.54. The van der Waals surface area contributed by atoms with Gasteiger partial charge in [0.15, 0.2) is 11.6 Å². The van der Waals surface area contributed by atoms with Crippen LogP contribution >= 0.6 is 11.3 Å². The molecule has 7 nitrogen and oxygen atoms in total. The number of thiophene rings is 1. The third-order valence-electron chi connectivity index (χ3n) is 5.07. The smallest absolute Gasteiger partial charge is 0.265 e. The number of nitrogens with one attached hydrogen (secondary N) is 2. The highest BCUT2D eigenvalue weighted by Crippen LogP contribution is 2.25. The molecule has 180 valence electrons. The Bertz CT molecular complexity index is 1370. The topological polar surface area (TPSA) is 93.5 Å². The molecule has 0 aliphatic carbocycles. The Kier molecular flexibility index (Phi) is 7.33. The lowest BCUT2D eigenvalue weighted by Gasteiger charge is -2.05. The van der Waals surface area contributed by atoms with Gasteiger partial charge >= 0.3 is 0 Å². The van der Waals surface area contributed by atoms with E-state index in [0.29, 0.717) is 40.1 Å². The van der Waals surface area contributed by atoms with E-state index in [1.807, 2.05) is 6.07 Å². The lowest BCUT2D eigenvalue weighted by atomic mass is 10.2. The number of carbonyl (C=O) groups excluding carboxylic acids is 2. The van der Waals surface area contributed by atoms with Crippen LogP contribution in [0.15, 0.2) is 59.0 Å². The zero-order valence-corrected chi connectivity index (χ0v) is 19.7. The average Bonchev–Trinajstić information content (AvgIpc) is 3.47. The van der Waals surface area contributed by atoms with Crippen molar-refractivity contribution in [2.75, 3.05) is 12.4 Å². The highest BCUT2D eigenvalue weighted by molar-refractivity contribution is 7.14. The second kappa shape index (κ2) is 10.6. The molecule has 0 aliphatic rings. The number of aryl methyl sites for hydroxylation is 1. The van der Waals surface area contributed by atoms with Gasteiger partial charge in [0.2, 0.25) is 5.89 Å². The van der Waals surface area contributed by atoms with Gasteiger partial charge in [0.25, 0.3) is 11.8 Å². The van der Waals surface area contributed by atoms with Gasteiger partial charge in [-0.15, -0.1) is 11.3 Å². The van der Waals surface area contributed by atoms with Crippen molar-refractivity contribution in [3.05, 3.63) is 93.0 Å². The first-order valence-electron chi connectivity index (χ1n) is 10.5. The van der Waals surface area contributed by atoms with E-state index < -0.39 is 17.5 Å². The minimum atomic E-state index is -1.20. The molecule has 4 aromatic rings. The quantitative estimate of drug-likeness (QED) is 0.344. The van der Waals surface area contributed by atoms with Crippen molar-refractivity contribution >= 4 is 28.8 Å². The Morgan fingerprint density at radius 3 is 2.57 bits per heavy atom. The SMILES string of the molecule is COCc1ccc(C(=O)Nc2ccc(-c3nc(CNC(=O)c4cccc(F)c4F)c(C)o3)cc2)s1. The van der Waals surface area contributed by atoms with Crippen molar-refractivity contribution in [1.29, 1.82) is 0 Å². The van der Waals surface area contributed by atoms with E-state index in [0.717, 1.165) is 10.9 Å². The molecule has 0 fully saturated rings. The molecule has 10 heteroatoms. The van der Waals surface area contributed by atoms with E-state index in [1.54, 1.807) is 44.4 Å². The summed E-state index contributed by atoms with van der Waals surface area (Å²) in [6, 6.07) is 14.0. The predicted molar refractivity (Wildman–Crippen MR) is 127 cm³/mol. The van der Waals surface area contributed by atoms with E-state index in [-0.39, 0.29) is 18.0 Å². The highest BCUT2D eigenvalue weighted by Gasteiger charge is 2.17. The maximum Gasteiger partial charge on any atom is 0.265 e. The zero-order chi connectivity index (χ0) is 24.9. The van der Waals surface area contributed by atoms with Gasteiger partial charge in [-0.05, 0) is 55.5 Å². The van der Waals surface area contributed by atoms with Crippen LogP contribution in [0.25, 0.3) is 11.5 Å². The van der Waals surface area contributed by atoms with E-state index in [9.17, 15) is 18.4 Å². The summed E-state index contributed by atoms with van der Waals surface area (Å²) in [5.74, 6) is -2.48. The third-order valence-corrected chi connectivity index (χ3v) is 6.12. The van der Waals surface area contributed by atoms with E-state index in [2.05, 4.69) is 15.6 Å². The fourth-order valence-corrected chi connectivity index (χ4v) is 4.14. The van der Waals surface area contributed by atoms with E-state index in [4.69, 9.17) is 9.15 Å². The molecule has 2 heterocycles. The second-order valence-corrected chi connectivity index (χ2v) is 8.70. The number of nitrogens with zero attached hydrogens (tertiary/aromatic N) is 1. The van der Waals surface area contributed by atoms with Crippen molar-refractivity contribution in [3.8, 4) is 11.5 Å². The summed E-state index contributed by atoms with van der Waals surface area (Å²) in [5.41, 5.74) is 1.33. The van der Waals surface area contributed by atoms with Gasteiger partial charge < -0.3 is 19.8 Å². The Labute approximate surface area is 203 Å². The zero-order valence-electron chi connectivity index (χ0n) is 18.9. The number of anilines is 1. The van der Waals surface area contributed by atoms with Gasteiger partial charge in [0, 0.05) is 23.2 Å². The van der Waals surface area contributed by atoms with Crippen LogP contribution in [0.5, 0.6) is 0 Å². The number of hydrogen-bond donors (Lipinski definition) is 2. The van der Waals surface area contributed by atoms with Gasteiger partial charge in [-0.3, -0.25) is 9.59 Å². The number of oxazole rings is 1. The number of benzene rings is 2. The molecule has 2 N–H and O–H groups in total. The summed E-state index contributed by atoms with van der Waals surface area (Å²) in [5, 5.41) is 5.36. The molecule has 0 radical (unpaired) electrons. The number of ether oxygens (including phenoxy) is 1. The average molecular weight is 498 g/mol. The Morgan fingerprint density at radius 1 is 1.06 bits per heavy atom. The van der Waals surface area contributed by atoms with Crippen LogP contribution in [0.4, 0.5) is 14.5 Å². The number of rotatable bonds is 8. The van der Waals surface area contributed by atoms with Gasteiger partial charge in [-0.1, -0.05) is 6.07 Å². The maximum absolute atomic E-state index is 13.8. The van der Waals surface area contributed by atoms with Gasteiger partial charge in [0.1, 0.15) is 11.5 Å². The first-order valence-corrected chi connectivity index (χ1v) is 11.4. The molecule has 2 aromatic carbocycles. The Balaban J connectivity index is 1.39. The third kappa shape index (κ3) is 5.61. The molecular formula is C25H21F2N3O4S. The van der Waals surface area contributed by atoms with E-state index >= 15 is 0 Å². The number of amides is 2. The summed E-state index contributed by atoms with van der Waals surface area (Å²) >= 11 is 1.36. The van der Waals surface area contributed by atoms with Crippen molar-refractivity contribution in [3.63, 3.8) is 0 Å². The van der Waals surface area contributed by atoms with Crippen LogP contribution in [0.3, 0.4) is 0 Å². The summed E-state index contributed by atoms with van der Waals surface area (Å²) in [4.78, 5) is 30.6. The number of aromatic nitrogens is 1. The molecule has 4 rings (SSSR count). The summed E-state index contributed by atoms with van der Waals surface area (Å²) in [7, 11) is 1.60. The van der Waals surface area contributed by atoms with Crippen LogP contribution in [0, 0.1) is 18.6 Å². The first kappa shape index (κ1) is 24.2. The van der Waals surface area contributed by atoms with E-state index in [1.165, 1.54) is 23.5 Å². The van der Waals surface area contributed by atoms with Crippen molar-refractivity contribution < 1.29 is 27.5 Å². The molecule has 35 heavy (non-hydrogen) atoms. The predicted octanol–water partition coefficient (Wildman–Crippen LogP) is 5.32. The monoisotopic (exact) mass is 497 g/mol. The summed E-state index contributed by atoms with van der Waals surface area (Å²) in [6.45, 7) is 2.12. The number of carbonyl (C=O) groups is 2. The number of hydrogen-bond acceptors (Lipinski definition) is 6. The van der Waals surface area contributed by atoms with Crippen molar-refractivity contribution in [2.24, 2.45) is 0 Å². The van der Waals surface area contributed by atoms with Gasteiger partial charge in [0.05, 0.1) is 23.6 Å². The van der Waals surface area contributed by atoms with Crippen LogP contribution in [-0.2, 0) is 17.9 Å². The fourth-order valence-electron chi connectivity index (χ4n) is 3.26. The standard InChI is InChI=1S/C25H21F2N3O4S/c1-14-20(12-28-23(31)18-4-3-5-19(26)22(18)27)30-25(34-14)15-6-8-16(9-7-15)29-24(32)21-11-10-17(35-21)13-33-2/h3-11H,12-13H2,1-2H3,(H,28,31)(H,29,32). The van der Waals surface area contributed by atoms with Crippen LogP contribution in [-0.4, -0.2) is 23.9 Å². The maximum atomic E-state index is 13.8. The summed E-state index contributed by atoms with van der Waals surface area (Å²) in [6.07, 6.45) is 0. The molecule has 0 unspecified atom stereocenters. The highest BCUT2D eigenvalue weighted by atomic mass is 32.1. The molecular weight excluding hydrogens is 476 g/mol. The van der Waals surface area contributed by atoms with Gasteiger partial charge in [-0.25, -0.2) is 13.8 Å². The lowest BCUT2D eigenvalue weighted by molar-refractivity contribution is 0.0944. The molecule has 2 aromatic heterocycles. The van der Waals surface area contributed by atoms with Crippen molar-refractivity contribution in [2.45, 2.75) is 20.1 Å². The fraction of sp³-hybridized carbons (Fsp3) is 0.160. The molecule has 2 amide bonds. The normalized spacial score (nSPS) is 10.9. The van der Waals surface area contributed by atoms with Crippen LogP contribution in [0.1, 0.15) is 36.4 Å². The Hall–Kier alpha value is -3.89. The van der Waals surface area contributed by atoms with Crippen molar-refractivity contribution in [1.82, 2.24) is 10.3 Å². The lowest BCUT2D eigenvalue weighted by Crippen LogP contribution is -2.24. The number of methoxy groups -OCH3 is 1. The molecule has 0 bridgehead atoms. The molecule has 0 spiro atoms. The Morgan fingerprint density at radius 2 is 1.83 bits per heavy atom. The minimum absolute atomic E-state index is 0.0237. The number of halogens is 2. The first-order chi connectivity index (χ1) is 16.9.